The molecule has 0 aliphatic rings. The molecule has 72 valence electrons. The first kappa shape index (κ1) is 10.9. The van der Waals surface area contributed by atoms with Gasteiger partial charge in [0, 0.05) is 27.4 Å². The van der Waals surface area contributed by atoms with Crippen LogP contribution in [0.2, 0.25) is 0 Å². The maximum absolute atomic E-state index is 5.83. The highest BCUT2D eigenvalue weighted by molar-refractivity contribution is 9.10. The van der Waals surface area contributed by atoms with Crippen molar-refractivity contribution in [2.45, 2.75) is 4.90 Å². The molecule has 0 unspecified atom stereocenters. The second kappa shape index (κ2) is 5.52. The smallest absolute Gasteiger partial charge is 0.0463 e. The van der Waals surface area contributed by atoms with Crippen molar-refractivity contribution in [1.82, 2.24) is 5.32 Å². The molecule has 1 rings (SSSR count). The van der Waals surface area contributed by atoms with E-state index < -0.39 is 0 Å². The second-order valence-corrected chi connectivity index (χ2v) is 4.69. The maximum Gasteiger partial charge on any atom is 0.0463 e. The largest absolute Gasteiger partial charge is 0.398 e. The van der Waals surface area contributed by atoms with Crippen molar-refractivity contribution in [2.75, 3.05) is 25.1 Å². The molecule has 0 saturated carbocycles. The van der Waals surface area contributed by atoms with Crippen molar-refractivity contribution in [3.63, 3.8) is 0 Å². The van der Waals surface area contributed by atoms with E-state index in [9.17, 15) is 0 Å². The SMILES string of the molecule is CNCCSc1ccc(Br)cc1N. The van der Waals surface area contributed by atoms with E-state index in [2.05, 4.69) is 21.2 Å². The van der Waals surface area contributed by atoms with Crippen molar-refractivity contribution in [1.29, 1.82) is 0 Å². The van der Waals surface area contributed by atoms with Crippen molar-refractivity contribution in [2.24, 2.45) is 0 Å². The quantitative estimate of drug-likeness (QED) is 0.496. The third kappa shape index (κ3) is 3.58. The van der Waals surface area contributed by atoms with Crippen LogP contribution in [0, 0.1) is 0 Å². The van der Waals surface area contributed by atoms with Crippen LogP contribution in [-0.2, 0) is 0 Å². The van der Waals surface area contributed by atoms with E-state index in [1.165, 1.54) is 0 Å². The minimum absolute atomic E-state index is 0.843. The van der Waals surface area contributed by atoms with E-state index in [0.717, 1.165) is 27.4 Å². The molecule has 0 saturated heterocycles. The molecule has 0 fully saturated rings. The number of nitrogens with one attached hydrogen (secondary N) is 1. The summed E-state index contributed by atoms with van der Waals surface area (Å²) < 4.78 is 1.03. The molecule has 0 atom stereocenters. The number of halogens is 1. The van der Waals surface area contributed by atoms with Gasteiger partial charge >= 0.3 is 0 Å². The first-order valence-corrected chi connectivity index (χ1v) is 5.84. The molecule has 0 aromatic heterocycles. The van der Waals surface area contributed by atoms with Crippen LogP contribution < -0.4 is 11.1 Å². The minimum atomic E-state index is 0.843. The van der Waals surface area contributed by atoms with Crippen LogP contribution in [0.5, 0.6) is 0 Å². The highest BCUT2D eigenvalue weighted by Crippen LogP contribution is 2.27. The summed E-state index contributed by atoms with van der Waals surface area (Å²) in [4.78, 5) is 1.15. The summed E-state index contributed by atoms with van der Waals surface area (Å²) in [7, 11) is 1.95. The lowest BCUT2D eigenvalue weighted by Crippen LogP contribution is -2.09. The molecule has 0 spiro atoms. The number of hydrogen-bond donors (Lipinski definition) is 2. The van der Waals surface area contributed by atoms with Crippen molar-refractivity contribution < 1.29 is 0 Å². The van der Waals surface area contributed by atoms with E-state index in [1.54, 1.807) is 11.8 Å². The molecule has 13 heavy (non-hydrogen) atoms. The number of rotatable bonds is 4. The Morgan fingerprint density at radius 1 is 1.54 bits per heavy atom. The topological polar surface area (TPSA) is 38.0 Å². The van der Waals surface area contributed by atoms with E-state index in [4.69, 9.17) is 5.73 Å². The van der Waals surface area contributed by atoms with Gasteiger partial charge in [0.2, 0.25) is 0 Å². The molecule has 3 N–H and O–H groups in total. The Morgan fingerprint density at radius 2 is 2.31 bits per heavy atom. The van der Waals surface area contributed by atoms with Gasteiger partial charge in [0.15, 0.2) is 0 Å². The molecule has 0 aliphatic heterocycles. The summed E-state index contributed by atoms with van der Waals surface area (Å²) >= 11 is 5.15. The number of thioether (sulfide) groups is 1. The molecule has 1 aromatic carbocycles. The third-order valence-corrected chi connectivity index (χ3v) is 3.17. The Hall–Kier alpha value is -0.190. The number of benzene rings is 1. The fraction of sp³-hybridized carbons (Fsp3) is 0.333. The van der Waals surface area contributed by atoms with Gasteiger partial charge in [-0.25, -0.2) is 0 Å². The van der Waals surface area contributed by atoms with Gasteiger partial charge in [0.05, 0.1) is 0 Å². The Morgan fingerprint density at radius 3 is 2.92 bits per heavy atom. The number of nitrogen functional groups attached to an aromatic ring is 1. The summed E-state index contributed by atoms with van der Waals surface area (Å²) in [6.45, 7) is 1.00. The maximum atomic E-state index is 5.83. The average Bonchev–Trinajstić information content (AvgIpc) is 2.09. The third-order valence-electron chi connectivity index (χ3n) is 1.58. The van der Waals surface area contributed by atoms with Gasteiger partial charge in [-0.15, -0.1) is 11.8 Å². The molecule has 0 bridgehead atoms. The summed E-state index contributed by atoms with van der Waals surface area (Å²) in [5.41, 5.74) is 6.68. The average molecular weight is 261 g/mol. The van der Waals surface area contributed by atoms with E-state index in [0.29, 0.717) is 0 Å². The summed E-state index contributed by atoms with van der Waals surface area (Å²) in [6.07, 6.45) is 0. The van der Waals surface area contributed by atoms with Crippen LogP contribution in [0.4, 0.5) is 5.69 Å². The number of hydrogen-bond acceptors (Lipinski definition) is 3. The summed E-state index contributed by atoms with van der Waals surface area (Å²) in [5.74, 6) is 1.04. The lowest BCUT2D eigenvalue weighted by molar-refractivity contribution is 0.872. The fourth-order valence-corrected chi connectivity index (χ4v) is 2.21. The van der Waals surface area contributed by atoms with Crippen LogP contribution in [0.1, 0.15) is 0 Å². The molecule has 4 heteroatoms. The standard InChI is InChI=1S/C9H13BrN2S/c1-12-4-5-13-9-3-2-7(10)6-8(9)11/h2-3,6,12H,4-5,11H2,1H3. The van der Waals surface area contributed by atoms with Crippen molar-refractivity contribution in [3.05, 3.63) is 22.7 Å². The van der Waals surface area contributed by atoms with Crippen LogP contribution in [0.25, 0.3) is 0 Å². The lowest BCUT2D eigenvalue weighted by Gasteiger charge is -2.05. The normalized spacial score (nSPS) is 10.3. The van der Waals surface area contributed by atoms with E-state index in [-0.39, 0.29) is 0 Å². The van der Waals surface area contributed by atoms with Crippen LogP contribution >= 0.6 is 27.7 Å². The Bertz CT molecular complexity index is 278. The highest BCUT2D eigenvalue weighted by Gasteiger charge is 1.99. The Labute approximate surface area is 91.4 Å². The zero-order valence-corrected chi connectivity index (χ0v) is 9.91. The molecule has 1 aromatic rings. The minimum Gasteiger partial charge on any atom is -0.398 e. The molecule has 0 radical (unpaired) electrons. The highest BCUT2D eigenvalue weighted by atomic mass is 79.9. The Kier molecular flexibility index (Phi) is 4.62. The Balaban J connectivity index is 2.56. The van der Waals surface area contributed by atoms with Gasteiger partial charge in [0.25, 0.3) is 0 Å². The van der Waals surface area contributed by atoms with E-state index in [1.807, 2.05) is 25.2 Å². The van der Waals surface area contributed by atoms with Gasteiger partial charge in [-0.2, -0.15) is 0 Å². The molecule has 0 amide bonds. The molecular formula is C9H13BrN2S. The fourth-order valence-electron chi connectivity index (χ4n) is 0.914. The summed E-state index contributed by atoms with van der Waals surface area (Å²) in [6, 6.07) is 5.99. The van der Waals surface area contributed by atoms with Crippen LogP contribution in [0.15, 0.2) is 27.6 Å². The first-order chi connectivity index (χ1) is 6.24. The zero-order valence-electron chi connectivity index (χ0n) is 7.51. The molecule has 2 nitrogen and oxygen atoms in total. The monoisotopic (exact) mass is 260 g/mol. The molecule has 0 heterocycles. The van der Waals surface area contributed by atoms with Gasteiger partial charge in [-0.05, 0) is 25.2 Å². The predicted molar refractivity (Wildman–Crippen MR) is 63.2 cm³/mol. The van der Waals surface area contributed by atoms with Gasteiger partial charge in [-0.1, -0.05) is 15.9 Å². The van der Waals surface area contributed by atoms with Crippen LogP contribution in [0.3, 0.4) is 0 Å². The van der Waals surface area contributed by atoms with Gasteiger partial charge in [0.1, 0.15) is 0 Å². The molecule has 0 aliphatic carbocycles. The lowest BCUT2D eigenvalue weighted by atomic mass is 10.3. The van der Waals surface area contributed by atoms with Gasteiger partial charge < -0.3 is 11.1 Å². The number of anilines is 1. The van der Waals surface area contributed by atoms with E-state index >= 15 is 0 Å². The van der Waals surface area contributed by atoms with Crippen molar-refractivity contribution >= 4 is 33.4 Å². The predicted octanol–water partition coefficient (Wildman–Crippen LogP) is 2.34. The van der Waals surface area contributed by atoms with Gasteiger partial charge in [-0.3, -0.25) is 0 Å². The molecular weight excluding hydrogens is 248 g/mol. The zero-order chi connectivity index (χ0) is 9.68. The van der Waals surface area contributed by atoms with Crippen LogP contribution in [-0.4, -0.2) is 19.3 Å². The number of nitrogens with two attached hydrogens (primary N) is 1. The van der Waals surface area contributed by atoms with Crippen molar-refractivity contribution in [3.8, 4) is 0 Å². The first-order valence-electron chi connectivity index (χ1n) is 4.06. The second-order valence-electron chi connectivity index (χ2n) is 2.63. The summed E-state index contributed by atoms with van der Waals surface area (Å²) in [5, 5.41) is 3.10.